The van der Waals surface area contributed by atoms with Crippen LogP contribution >= 0.6 is 11.6 Å². The highest BCUT2D eigenvalue weighted by Crippen LogP contribution is 2.36. The number of hydrogen-bond donors (Lipinski definition) is 1. The van der Waals surface area contributed by atoms with Crippen molar-refractivity contribution in [2.75, 3.05) is 10.1 Å². The molecule has 0 bridgehead atoms. The highest BCUT2D eigenvalue weighted by molar-refractivity contribution is 7.94. The zero-order chi connectivity index (χ0) is 20.7. The normalized spacial score (nSPS) is 17.6. The van der Waals surface area contributed by atoms with Crippen molar-refractivity contribution in [2.45, 2.75) is 27.3 Å². The van der Waals surface area contributed by atoms with E-state index in [0.717, 1.165) is 15.4 Å². The first kappa shape index (κ1) is 20.4. The Morgan fingerprint density at radius 3 is 2.39 bits per heavy atom. The Bertz CT molecular complexity index is 1050. The van der Waals surface area contributed by atoms with Gasteiger partial charge in [0.2, 0.25) is 15.9 Å². The molecular weight excluding hydrogens is 400 g/mol. The van der Waals surface area contributed by atoms with Crippen LogP contribution in [0, 0.1) is 12.3 Å². The van der Waals surface area contributed by atoms with Crippen LogP contribution in [-0.4, -0.2) is 26.0 Å². The minimum absolute atomic E-state index is 0.110. The molecule has 6 nitrogen and oxygen atoms in total. The molecule has 0 radical (unpaired) electrons. The fraction of sp³-hybridized carbons (Fsp3) is 0.300. The zero-order valence-electron chi connectivity index (χ0n) is 15.8. The molecule has 1 aliphatic heterocycles. The molecule has 2 aromatic carbocycles. The van der Waals surface area contributed by atoms with Gasteiger partial charge in [-0.05, 0) is 44.5 Å². The molecule has 1 saturated heterocycles. The highest BCUT2D eigenvalue weighted by Gasteiger charge is 2.50. The standard InChI is InChI=1S/C20H21ClN2O4S/c1-13-4-6-14(7-5-13)11-22-18(24)16-10-15(8-9-17(16)21)23-19(25)20(2,3)12-28(23,26)27/h4-10H,11-12H2,1-3H3,(H,22,24). The summed E-state index contributed by atoms with van der Waals surface area (Å²) in [6, 6.07) is 11.9. The van der Waals surface area contributed by atoms with E-state index in [1.165, 1.54) is 18.2 Å². The number of benzene rings is 2. The topological polar surface area (TPSA) is 83.6 Å². The van der Waals surface area contributed by atoms with Crippen LogP contribution in [-0.2, 0) is 21.4 Å². The molecule has 2 amide bonds. The molecule has 2 aromatic rings. The SMILES string of the molecule is Cc1ccc(CNC(=O)c2cc(N3C(=O)C(C)(C)CS3(=O)=O)ccc2Cl)cc1. The van der Waals surface area contributed by atoms with Gasteiger partial charge in [0.25, 0.3) is 5.91 Å². The van der Waals surface area contributed by atoms with E-state index >= 15 is 0 Å². The molecule has 1 aliphatic rings. The van der Waals surface area contributed by atoms with Gasteiger partial charge in [-0.2, -0.15) is 0 Å². The predicted octanol–water partition coefficient (Wildman–Crippen LogP) is 3.28. The second-order valence-corrected chi connectivity index (χ2v) is 9.77. The number of carbonyl (C=O) groups excluding carboxylic acids is 2. The molecule has 1 heterocycles. The van der Waals surface area contributed by atoms with Gasteiger partial charge in [-0.1, -0.05) is 41.4 Å². The Labute approximate surface area is 169 Å². The van der Waals surface area contributed by atoms with Gasteiger partial charge in [0.15, 0.2) is 0 Å². The molecule has 1 fully saturated rings. The number of halogens is 1. The summed E-state index contributed by atoms with van der Waals surface area (Å²) in [4.78, 5) is 25.2. The van der Waals surface area contributed by atoms with Crippen LogP contribution in [0.2, 0.25) is 5.02 Å². The number of nitrogens with zero attached hydrogens (tertiary/aromatic N) is 1. The number of amides is 2. The molecule has 28 heavy (non-hydrogen) atoms. The van der Waals surface area contributed by atoms with Crippen LogP contribution in [0.1, 0.15) is 35.3 Å². The van der Waals surface area contributed by atoms with E-state index < -0.39 is 27.3 Å². The molecule has 0 aliphatic carbocycles. The molecule has 0 unspecified atom stereocenters. The molecule has 8 heteroatoms. The number of rotatable bonds is 4. The van der Waals surface area contributed by atoms with E-state index in [-0.39, 0.29) is 22.0 Å². The minimum atomic E-state index is -3.80. The maximum absolute atomic E-state index is 12.6. The quantitative estimate of drug-likeness (QED) is 0.822. The number of carbonyl (C=O) groups is 2. The van der Waals surface area contributed by atoms with Crippen LogP contribution in [0.3, 0.4) is 0 Å². The number of hydrogen-bond acceptors (Lipinski definition) is 4. The van der Waals surface area contributed by atoms with Crippen LogP contribution in [0.15, 0.2) is 42.5 Å². The summed E-state index contributed by atoms with van der Waals surface area (Å²) >= 11 is 6.15. The zero-order valence-corrected chi connectivity index (χ0v) is 17.4. The third-order valence-electron chi connectivity index (χ3n) is 4.59. The summed E-state index contributed by atoms with van der Waals surface area (Å²) in [5, 5.41) is 2.94. The average Bonchev–Trinajstić information content (AvgIpc) is 2.78. The second-order valence-electron chi connectivity index (χ2n) is 7.54. The van der Waals surface area contributed by atoms with Gasteiger partial charge in [0.05, 0.1) is 27.4 Å². The summed E-state index contributed by atoms with van der Waals surface area (Å²) in [6.07, 6.45) is 0. The third kappa shape index (κ3) is 3.91. The van der Waals surface area contributed by atoms with E-state index in [0.29, 0.717) is 6.54 Å². The molecule has 0 aromatic heterocycles. The Hall–Kier alpha value is -2.38. The number of nitrogens with one attached hydrogen (secondary N) is 1. The lowest BCUT2D eigenvalue weighted by Crippen LogP contribution is -2.33. The number of anilines is 1. The number of aryl methyl sites for hydroxylation is 1. The smallest absolute Gasteiger partial charge is 0.253 e. The fourth-order valence-corrected chi connectivity index (χ4v) is 5.36. The molecule has 148 valence electrons. The molecule has 1 N–H and O–H groups in total. The molecule has 0 saturated carbocycles. The third-order valence-corrected chi connectivity index (χ3v) is 6.94. The van der Waals surface area contributed by atoms with E-state index in [2.05, 4.69) is 5.32 Å². The lowest BCUT2D eigenvalue weighted by atomic mass is 9.95. The largest absolute Gasteiger partial charge is 0.348 e. The van der Waals surface area contributed by atoms with E-state index in [9.17, 15) is 18.0 Å². The van der Waals surface area contributed by atoms with Crippen LogP contribution in [0.4, 0.5) is 5.69 Å². The summed E-state index contributed by atoms with van der Waals surface area (Å²) < 4.78 is 25.7. The Kier molecular flexibility index (Phi) is 5.25. The first-order chi connectivity index (χ1) is 13.0. The van der Waals surface area contributed by atoms with Crippen molar-refractivity contribution in [3.63, 3.8) is 0 Å². The van der Waals surface area contributed by atoms with Gasteiger partial charge in [-0.15, -0.1) is 0 Å². The maximum Gasteiger partial charge on any atom is 0.253 e. The van der Waals surface area contributed by atoms with Gasteiger partial charge in [-0.25, -0.2) is 12.7 Å². The predicted molar refractivity (Wildman–Crippen MR) is 109 cm³/mol. The lowest BCUT2D eigenvalue weighted by molar-refractivity contribution is -0.123. The maximum atomic E-state index is 12.6. The van der Waals surface area contributed by atoms with Crippen molar-refractivity contribution in [2.24, 2.45) is 5.41 Å². The first-order valence-corrected chi connectivity index (χ1v) is 10.7. The van der Waals surface area contributed by atoms with Gasteiger partial charge in [0.1, 0.15) is 0 Å². The Morgan fingerprint density at radius 1 is 1.18 bits per heavy atom. The Balaban J connectivity index is 1.86. The van der Waals surface area contributed by atoms with E-state index in [1.54, 1.807) is 13.8 Å². The highest BCUT2D eigenvalue weighted by atomic mass is 35.5. The van der Waals surface area contributed by atoms with Crippen molar-refractivity contribution in [1.82, 2.24) is 5.32 Å². The van der Waals surface area contributed by atoms with E-state index in [4.69, 9.17) is 11.6 Å². The number of sulfonamides is 1. The fourth-order valence-electron chi connectivity index (χ4n) is 3.06. The monoisotopic (exact) mass is 420 g/mol. The summed E-state index contributed by atoms with van der Waals surface area (Å²) in [5.41, 5.74) is 1.24. The van der Waals surface area contributed by atoms with Crippen molar-refractivity contribution < 1.29 is 18.0 Å². The minimum Gasteiger partial charge on any atom is -0.348 e. The molecular formula is C20H21ClN2O4S. The average molecular weight is 421 g/mol. The second kappa shape index (κ2) is 7.22. The van der Waals surface area contributed by atoms with Crippen LogP contribution in [0.25, 0.3) is 0 Å². The Morgan fingerprint density at radius 2 is 1.82 bits per heavy atom. The molecule has 0 atom stereocenters. The first-order valence-electron chi connectivity index (χ1n) is 8.72. The summed E-state index contributed by atoms with van der Waals surface area (Å²) in [7, 11) is -3.80. The van der Waals surface area contributed by atoms with Gasteiger partial charge in [-0.3, -0.25) is 9.59 Å². The van der Waals surface area contributed by atoms with Crippen molar-refractivity contribution in [1.29, 1.82) is 0 Å². The van der Waals surface area contributed by atoms with Crippen molar-refractivity contribution in [3.05, 3.63) is 64.2 Å². The van der Waals surface area contributed by atoms with Crippen molar-refractivity contribution in [3.8, 4) is 0 Å². The summed E-state index contributed by atoms with van der Waals surface area (Å²) in [6.45, 7) is 5.44. The van der Waals surface area contributed by atoms with Crippen LogP contribution < -0.4 is 9.62 Å². The van der Waals surface area contributed by atoms with Gasteiger partial charge >= 0.3 is 0 Å². The molecule has 3 rings (SSSR count). The molecule has 0 spiro atoms. The lowest BCUT2D eigenvalue weighted by Gasteiger charge is -2.18. The summed E-state index contributed by atoms with van der Waals surface area (Å²) in [5.74, 6) is -1.26. The van der Waals surface area contributed by atoms with Gasteiger partial charge in [0, 0.05) is 6.54 Å². The van der Waals surface area contributed by atoms with E-state index in [1.807, 2.05) is 31.2 Å². The van der Waals surface area contributed by atoms with Crippen molar-refractivity contribution >= 4 is 39.1 Å². The van der Waals surface area contributed by atoms with Crippen LogP contribution in [0.5, 0.6) is 0 Å². The van der Waals surface area contributed by atoms with Gasteiger partial charge < -0.3 is 5.32 Å².